The van der Waals surface area contributed by atoms with Gasteiger partial charge in [-0.3, -0.25) is 14.6 Å². The molecule has 2 aromatic carbocycles. The van der Waals surface area contributed by atoms with Gasteiger partial charge in [-0.05, 0) is 49.4 Å². The number of carbonyl (C=O) groups excluding carboxylic acids is 2. The van der Waals surface area contributed by atoms with E-state index in [2.05, 4.69) is 9.88 Å². The number of carbonyl (C=O) groups is 2. The third-order valence-electron chi connectivity index (χ3n) is 7.50. The molecule has 16 heteroatoms. The van der Waals surface area contributed by atoms with Gasteiger partial charge in [0, 0.05) is 64.2 Å². The number of benzene rings is 2. The molecule has 0 bridgehead atoms. The summed E-state index contributed by atoms with van der Waals surface area (Å²) in [4.78, 5) is 36.0. The van der Waals surface area contributed by atoms with Crippen LogP contribution >= 0.6 is 11.3 Å². The number of piperazine rings is 1. The van der Waals surface area contributed by atoms with Crippen LogP contribution in [0.15, 0.2) is 52.3 Å². The van der Waals surface area contributed by atoms with Gasteiger partial charge in [0.1, 0.15) is 0 Å². The van der Waals surface area contributed by atoms with E-state index in [0.717, 1.165) is 19.3 Å². The fraction of sp³-hybridized carbons (Fsp3) is 0.464. The molecule has 44 heavy (non-hydrogen) atoms. The number of sulfone groups is 1. The van der Waals surface area contributed by atoms with Crippen molar-refractivity contribution in [1.29, 1.82) is 0 Å². The van der Waals surface area contributed by atoms with Crippen molar-refractivity contribution in [2.24, 2.45) is 0 Å². The molecule has 2 amide bonds. The molecule has 3 heterocycles. The molecule has 2 fully saturated rings. The van der Waals surface area contributed by atoms with E-state index < -0.39 is 26.0 Å². The predicted octanol–water partition coefficient (Wildman–Crippen LogP) is 2.14. The Balaban J connectivity index is 1.36. The van der Waals surface area contributed by atoms with Gasteiger partial charge in [-0.15, -0.1) is 0 Å². The maximum Gasteiger partial charge on any atom is 0.409 e. The number of ether oxygens (including phenoxy) is 2. The molecule has 2 aliphatic heterocycles. The summed E-state index contributed by atoms with van der Waals surface area (Å²) in [6, 6.07) is 10.5. The minimum Gasteiger partial charge on any atom is -0.450 e. The zero-order chi connectivity index (χ0) is 31.5. The van der Waals surface area contributed by atoms with Gasteiger partial charge < -0.3 is 14.4 Å². The van der Waals surface area contributed by atoms with E-state index in [-0.39, 0.29) is 54.0 Å². The van der Waals surface area contributed by atoms with E-state index >= 15 is 0 Å². The second kappa shape index (κ2) is 13.5. The van der Waals surface area contributed by atoms with Crippen molar-refractivity contribution in [2.75, 3.05) is 83.3 Å². The highest BCUT2D eigenvalue weighted by molar-refractivity contribution is 7.90. The number of amides is 2. The van der Waals surface area contributed by atoms with E-state index in [4.69, 9.17) is 9.47 Å². The molecule has 0 saturated carbocycles. The molecule has 0 unspecified atom stereocenters. The van der Waals surface area contributed by atoms with Crippen LogP contribution in [0.4, 0.5) is 9.93 Å². The number of fused-ring (bicyclic) bond motifs is 1. The van der Waals surface area contributed by atoms with Gasteiger partial charge in [-0.2, -0.15) is 4.31 Å². The van der Waals surface area contributed by atoms with Gasteiger partial charge in [0.25, 0.3) is 5.91 Å². The van der Waals surface area contributed by atoms with Crippen LogP contribution in [0.25, 0.3) is 10.2 Å². The lowest BCUT2D eigenvalue weighted by molar-refractivity contribution is 0.0391. The quantitative estimate of drug-likeness (QED) is 0.333. The Morgan fingerprint density at radius 1 is 0.955 bits per heavy atom. The lowest BCUT2D eigenvalue weighted by atomic mass is 10.2. The molecule has 0 spiro atoms. The highest BCUT2D eigenvalue weighted by atomic mass is 32.2. The van der Waals surface area contributed by atoms with Crippen molar-refractivity contribution in [3.8, 4) is 0 Å². The van der Waals surface area contributed by atoms with Crippen molar-refractivity contribution in [3.05, 3.63) is 48.0 Å². The standard InChI is InChI=1S/C28H35N5O8S3/c1-3-41-28(35)31-11-13-32(14-12-31)44(38,39)22-6-4-21(5-7-22)26(34)33(15-10-30-16-18-40-19-17-30)27-29-24-9-8-23(43(2,36)37)20-25(24)42-27/h4-9,20H,3,10-19H2,1-2H3. The summed E-state index contributed by atoms with van der Waals surface area (Å²) in [6.45, 7) is 6.26. The second-order valence-electron chi connectivity index (χ2n) is 10.4. The average Bonchev–Trinajstić information content (AvgIpc) is 3.44. The van der Waals surface area contributed by atoms with Gasteiger partial charge in [-0.25, -0.2) is 26.6 Å². The number of nitrogens with zero attached hydrogens (tertiary/aromatic N) is 5. The van der Waals surface area contributed by atoms with Gasteiger partial charge >= 0.3 is 6.09 Å². The molecule has 0 radical (unpaired) electrons. The normalized spacial score (nSPS) is 17.1. The smallest absolute Gasteiger partial charge is 0.409 e. The highest BCUT2D eigenvalue weighted by Crippen LogP contribution is 2.32. The fourth-order valence-corrected chi connectivity index (χ4v) is 8.16. The van der Waals surface area contributed by atoms with Gasteiger partial charge in [0.2, 0.25) is 10.0 Å². The van der Waals surface area contributed by atoms with Crippen LogP contribution in [0.2, 0.25) is 0 Å². The molecular formula is C28H35N5O8S3. The summed E-state index contributed by atoms with van der Waals surface area (Å²) in [6.07, 6.45) is 0.677. The molecule has 0 N–H and O–H groups in total. The summed E-state index contributed by atoms with van der Waals surface area (Å²) in [5, 5.41) is 0.417. The first-order valence-corrected chi connectivity index (χ1v) is 18.4. The molecule has 13 nitrogen and oxygen atoms in total. The lowest BCUT2D eigenvalue weighted by Gasteiger charge is -2.33. The fourth-order valence-electron chi connectivity index (χ4n) is 4.99. The number of morpholine rings is 1. The summed E-state index contributed by atoms with van der Waals surface area (Å²) in [5.41, 5.74) is 0.861. The molecular weight excluding hydrogens is 631 g/mol. The van der Waals surface area contributed by atoms with Crippen molar-refractivity contribution < 1.29 is 35.9 Å². The number of hydrogen-bond donors (Lipinski definition) is 0. The number of rotatable bonds is 9. The minimum atomic E-state index is -3.84. The minimum absolute atomic E-state index is 0.0480. The number of hydrogen-bond acceptors (Lipinski definition) is 11. The Labute approximate surface area is 260 Å². The van der Waals surface area contributed by atoms with Crippen LogP contribution in [0.5, 0.6) is 0 Å². The van der Waals surface area contributed by atoms with Crippen LogP contribution in [0.3, 0.4) is 0 Å². The molecule has 1 aromatic heterocycles. The number of sulfonamides is 1. The molecule has 3 aromatic rings. The summed E-state index contributed by atoms with van der Waals surface area (Å²) in [7, 11) is -7.26. The third-order valence-corrected chi connectivity index (χ3v) is 11.6. The SMILES string of the molecule is CCOC(=O)N1CCN(S(=O)(=O)c2ccc(C(=O)N(CCN3CCOCC3)c3nc4ccc(S(C)(=O)=O)cc4s3)cc2)CC1. The zero-order valence-corrected chi connectivity index (χ0v) is 27.0. The van der Waals surface area contributed by atoms with Crippen molar-refractivity contribution >= 4 is 58.5 Å². The van der Waals surface area contributed by atoms with Crippen LogP contribution in [0.1, 0.15) is 17.3 Å². The van der Waals surface area contributed by atoms with Crippen LogP contribution in [0, 0.1) is 0 Å². The Morgan fingerprint density at radius 2 is 1.61 bits per heavy atom. The predicted molar refractivity (Wildman–Crippen MR) is 165 cm³/mol. The molecule has 238 valence electrons. The van der Waals surface area contributed by atoms with Gasteiger partial charge in [0.15, 0.2) is 15.0 Å². The first kappa shape index (κ1) is 32.2. The molecule has 5 rings (SSSR count). The van der Waals surface area contributed by atoms with Crippen LogP contribution in [-0.4, -0.2) is 126 Å². The van der Waals surface area contributed by atoms with Crippen LogP contribution in [-0.2, 0) is 29.3 Å². The monoisotopic (exact) mass is 665 g/mol. The maximum atomic E-state index is 13.9. The lowest BCUT2D eigenvalue weighted by Crippen LogP contribution is -2.50. The number of thiazole rings is 1. The van der Waals surface area contributed by atoms with E-state index in [9.17, 15) is 26.4 Å². The summed E-state index contributed by atoms with van der Waals surface area (Å²) < 4.78 is 63.2. The van der Waals surface area contributed by atoms with Crippen molar-refractivity contribution in [2.45, 2.75) is 16.7 Å². The van der Waals surface area contributed by atoms with E-state index in [1.54, 1.807) is 24.0 Å². The number of anilines is 1. The Hall–Kier alpha value is -3.15. The Bertz CT molecular complexity index is 1710. The van der Waals surface area contributed by atoms with E-state index in [0.29, 0.717) is 41.7 Å². The van der Waals surface area contributed by atoms with E-state index in [1.165, 1.54) is 50.9 Å². The summed E-state index contributed by atoms with van der Waals surface area (Å²) in [5.74, 6) is -0.354. The average molecular weight is 666 g/mol. The molecule has 0 atom stereocenters. The number of aromatic nitrogens is 1. The van der Waals surface area contributed by atoms with Gasteiger partial charge in [0.05, 0.1) is 39.8 Å². The van der Waals surface area contributed by atoms with Gasteiger partial charge in [-0.1, -0.05) is 11.3 Å². The van der Waals surface area contributed by atoms with Crippen molar-refractivity contribution in [1.82, 2.24) is 19.1 Å². The molecule has 2 saturated heterocycles. The van der Waals surface area contributed by atoms with Crippen molar-refractivity contribution in [3.63, 3.8) is 0 Å². The summed E-state index contributed by atoms with van der Waals surface area (Å²) >= 11 is 1.22. The topological polar surface area (TPSA) is 147 Å². The van der Waals surface area contributed by atoms with E-state index in [1.807, 2.05) is 0 Å². The Morgan fingerprint density at radius 3 is 2.25 bits per heavy atom. The maximum absolute atomic E-state index is 13.9. The first-order valence-electron chi connectivity index (χ1n) is 14.2. The zero-order valence-electron chi connectivity index (χ0n) is 24.5. The highest BCUT2D eigenvalue weighted by Gasteiger charge is 2.31. The second-order valence-corrected chi connectivity index (χ2v) is 15.4. The van der Waals surface area contributed by atoms with Crippen LogP contribution < -0.4 is 4.90 Å². The molecule has 2 aliphatic rings. The Kier molecular flexibility index (Phi) is 9.86. The third kappa shape index (κ3) is 7.21. The molecule has 0 aliphatic carbocycles. The largest absolute Gasteiger partial charge is 0.450 e. The first-order chi connectivity index (χ1) is 21.0.